The molecule has 5 nitrogen and oxygen atoms in total. The van der Waals surface area contributed by atoms with E-state index in [1.807, 2.05) is 48.5 Å². The van der Waals surface area contributed by atoms with E-state index in [-0.39, 0.29) is 11.8 Å². The van der Waals surface area contributed by atoms with Crippen molar-refractivity contribution in [3.8, 4) is 5.75 Å². The normalized spacial score (nSPS) is 10.2. The van der Waals surface area contributed by atoms with Crippen LogP contribution in [0.25, 0.3) is 0 Å². The lowest BCUT2D eigenvalue weighted by Crippen LogP contribution is -2.21. The number of amides is 2. The van der Waals surface area contributed by atoms with Crippen LogP contribution in [0.3, 0.4) is 0 Å². The summed E-state index contributed by atoms with van der Waals surface area (Å²) in [5, 5.41) is 2.88. The second-order valence-corrected chi connectivity index (χ2v) is 6.06. The first-order valence-electron chi connectivity index (χ1n) is 8.20. The molecule has 0 aromatic heterocycles. The minimum atomic E-state index is -0.0688. The van der Waals surface area contributed by atoms with Gasteiger partial charge in [0.2, 0.25) is 11.8 Å². The number of hydrogen-bond acceptors (Lipinski definition) is 3. The molecule has 0 radical (unpaired) electrons. The van der Waals surface area contributed by atoms with Crippen LogP contribution >= 0.6 is 0 Å². The Morgan fingerprint density at radius 3 is 2.12 bits per heavy atom. The molecule has 0 saturated heterocycles. The Hall–Kier alpha value is -2.82. The van der Waals surface area contributed by atoms with E-state index in [1.165, 1.54) is 0 Å². The number of nitrogens with zero attached hydrogens (tertiary/aromatic N) is 1. The van der Waals surface area contributed by atoms with Crippen LogP contribution in [-0.2, 0) is 22.4 Å². The summed E-state index contributed by atoms with van der Waals surface area (Å²) in [7, 11) is 5.12. The van der Waals surface area contributed by atoms with Crippen molar-refractivity contribution in [2.24, 2.45) is 0 Å². The minimum Gasteiger partial charge on any atom is -0.497 e. The number of methoxy groups -OCH3 is 1. The van der Waals surface area contributed by atoms with Crippen LogP contribution in [0.2, 0.25) is 0 Å². The quantitative estimate of drug-likeness (QED) is 0.843. The summed E-state index contributed by atoms with van der Waals surface area (Å²) in [6, 6.07) is 15.0. The highest BCUT2D eigenvalue weighted by atomic mass is 16.5. The number of carbonyl (C=O) groups is 2. The lowest BCUT2D eigenvalue weighted by molar-refractivity contribution is -0.128. The second-order valence-electron chi connectivity index (χ2n) is 6.06. The van der Waals surface area contributed by atoms with Gasteiger partial charge in [-0.05, 0) is 41.8 Å². The van der Waals surface area contributed by atoms with E-state index in [1.54, 1.807) is 26.1 Å². The first kappa shape index (κ1) is 18.5. The zero-order chi connectivity index (χ0) is 18.2. The fraction of sp³-hybridized carbons (Fsp3) is 0.300. The smallest absolute Gasteiger partial charge is 0.228 e. The molecule has 0 aliphatic carbocycles. The molecular formula is C20H24N2O3. The second kappa shape index (κ2) is 8.87. The molecule has 2 amide bonds. The van der Waals surface area contributed by atoms with Crippen molar-refractivity contribution in [2.75, 3.05) is 26.5 Å². The van der Waals surface area contributed by atoms with Gasteiger partial charge < -0.3 is 15.0 Å². The first-order chi connectivity index (χ1) is 12.0. The maximum absolute atomic E-state index is 12.1. The molecule has 2 aromatic carbocycles. The van der Waals surface area contributed by atoms with Crippen LogP contribution in [0.15, 0.2) is 48.5 Å². The van der Waals surface area contributed by atoms with Crippen molar-refractivity contribution in [2.45, 2.75) is 19.3 Å². The zero-order valence-corrected chi connectivity index (χ0v) is 14.9. The van der Waals surface area contributed by atoms with E-state index in [4.69, 9.17) is 4.74 Å². The van der Waals surface area contributed by atoms with Crippen molar-refractivity contribution in [3.63, 3.8) is 0 Å². The summed E-state index contributed by atoms with van der Waals surface area (Å²) in [4.78, 5) is 25.3. The minimum absolute atomic E-state index is 0.0688. The average Bonchev–Trinajstić information content (AvgIpc) is 2.61. The number of carbonyl (C=O) groups excluding carboxylic acids is 2. The molecule has 0 spiro atoms. The van der Waals surface area contributed by atoms with Crippen molar-refractivity contribution >= 4 is 17.5 Å². The van der Waals surface area contributed by atoms with Gasteiger partial charge in [0.25, 0.3) is 0 Å². The summed E-state index contributed by atoms with van der Waals surface area (Å²) in [6.07, 6.45) is 1.48. The van der Waals surface area contributed by atoms with E-state index in [0.29, 0.717) is 19.3 Å². The van der Waals surface area contributed by atoms with E-state index in [9.17, 15) is 9.59 Å². The Balaban J connectivity index is 1.85. The Labute approximate surface area is 148 Å². The van der Waals surface area contributed by atoms with Crippen LogP contribution in [0.5, 0.6) is 5.75 Å². The maximum Gasteiger partial charge on any atom is 0.228 e. The van der Waals surface area contributed by atoms with Gasteiger partial charge in [-0.25, -0.2) is 0 Å². The predicted octanol–water partition coefficient (Wildman–Crippen LogP) is 2.90. The summed E-state index contributed by atoms with van der Waals surface area (Å²) in [6.45, 7) is 0. The molecule has 25 heavy (non-hydrogen) atoms. The van der Waals surface area contributed by atoms with Gasteiger partial charge in [-0.15, -0.1) is 0 Å². The van der Waals surface area contributed by atoms with E-state index in [2.05, 4.69) is 5.32 Å². The van der Waals surface area contributed by atoms with Gasteiger partial charge >= 0.3 is 0 Å². The highest BCUT2D eigenvalue weighted by Gasteiger charge is 2.06. The van der Waals surface area contributed by atoms with Crippen molar-refractivity contribution < 1.29 is 14.3 Å². The van der Waals surface area contributed by atoms with Gasteiger partial charge in [0.1, 0.15) is 5.75 Å². The van der Waals surface area contributed by atoms with E-state index < -0.39 is 0 Å². The highest BCUT2D eigenvalue weighted by Crippen LogP contribution is 2.14. The molecule has 132 valence electrons. The fourth-order valence-corrected chi connectivity index (χ4v) is 2.36. The van der Waals surface area contributed by atoms with Crippen LogP contribution in [-0.4, -0.2) is 37.9 Å². The standard InChI is InChI=1S/C20H24N2O3/c1-22(2)20(24)13-8-15-4-9-17(10-5-15)21-19(23)14-16-6-11-18(25-3)12-7-16/h4-7,9-12H,8,13-14H2,1-3H3,(H,21,23). The van der Waals surface area contributed by atoms with Crippen molar-refractivity contribution in [3.05, 3.63) is 59.7 Å². The zero-order valence-electron chi connectivity index (χ0n) is 14.9. The lowest BCUT2D eigenvalue weighted by Gasteiger charge is -2.10. The number of rotatable bonds is 7. The van der Waals surface area contributed by atoms with E-state index >= 15 is 0 Å². The van der Waals surface area contributed by atoms with Crippen LogP contribution < -0.4 is 10.1 Å². The third-order valence-corrected chi connectivity index (χ3v) is 3.89. The van der Waals surface area contributed by atoms with E-state index in [0.717, 1.165) is 22.6 Å². The molecule has 2 aromatic rings. The Morgan fingerprint density at radius 2 is 1.56 bits per heavy atom. The molecule has 1 N–H and O–H groups in total. The van der Waals surface area contributed by atoms with Crippen LogP contribution in [0.1, 0.15) is 17.5 Å². The number of anilines is 1. The van der Waals surface area contributed by atoms with Crippen LogP contribution in [0.4, 0.5) is 5.69 Å². The largest absolute Gasteiger partial charge is 0.497 e. The van der Waals surface area contributed by atoms with Gasteiger partial charge in [-0.1, -0.05) is 24.3 Å². The third-order valence-electron chi connectivity index (χ3n) is 3.89. The molecule has 0 heterocycles. The number of benzene rings is 2. The van der Waals surface area contributed by atoms with Gasteiger partial charge in [0.15, 0.2) is 0 Å². The van der Waals surface area contributed by atoms with Gasteiger partial charge in [-0.2, -0.15) is 0 Å². The van der Waals surface area contributed by atoms with Gasteiger partial charge in [-0.3, -0.25) is 9.59 Å². The Bertz CT molecular complexity index is 707. The molecule has 0 fully saturated rings. The summed E-state index contributed by atoms with van der Waals surface area (Å²) >= 11 is 0. The third kappa shape index (κ3) is 5.95. The molecule has 2 rings (SSSR count). The van der Waals surface area contributed by atoms with Crippen molar-refractivity contribution in [1.82, 2.24) is 4.90 Å². The Morgan fingerprint density at radius 1 is 0.960 bits per heavy atom. The fourth-order valence-electron chi connectivity index (χ4n) is 2.36. The molecule has 0 atom stereocenters. The number of nitrogens with one attached hydrogen (secondary N) is 1. The maximum atomic E-state index is 12.1. The molecule has 0 unspecified atom stereocenters. The summed E-state index contributed by atoms with van der Waals surface area (Å²) < 4.78 is 5.10. The molecular weight excluding hydrogens is 316 g/mol. The molecule has 0 bridgehead atoms. The molecule has 0 aliphatic rings. The monoisotopic (exact) mass is 340 g/mol. The molecule has 0 aliphatic heterocycles. The van der Waals surface area contributed by atoms with Crippen LogP contribution in [0, 0.1) is 0 Å². The Kier molecular flexibility index (Phi) is 6.57. The molecule has 0 saturated carbocycles. The summed E-state index contributed by atoms with van der Waals surface area (Å²) in [5.41, 5.74) is 2.75. The topological polar surface area (TPSA) is 58.6 Å². The number of ether oxygens (including phenoxy) is 1. The number of hydrogen-bond donors (Lipinski definition) is 1. The first-order valence-corrected chi connectivity index (χ1v) is 8.20. The summed E-state index contributed by atoms with van der Waals surface area (Å²) in [5.74, 6) is 0.810. The predicted molar refractivity (Wildman–Crippen MR) is 98.8 cm³/mol. The molecule has 5 heteroatoms. The average molecular weight is 340 g/mol. The highest BCUT2D eigenvalue weighted by molar-refractivity contribution is 5.92. The van der Waals surface area contributed by atoms with Gasteiger partial charge in [0, 0.05) is 26.2 Å². The van der Waals surface area contributed by atoms with Gasteiger partial charge in [0.05, 0.1) is 13.5 Å². The van der Waals surface area contributed by atoms with Crippen molar-refractivity contribution in [1.29, 1.82) is 0 Å². The SMILES string of the molecule is COc1ccc(CC(=O)Nc2ccc(CCC(=O)N(C)C)cc2)cc1. The lowest BCUT2D eigenvalue weighted by atomic mass is 10.1. The number of aryl methyl sites for hydroxylation is 1.